The number of halogens is 3. The molecule has 4 aromatic carbocycles. The number of fused-ring (bicyclic) bond motifs is 9. The number of nitrogens with zero attached hydrogens (tertiary/aromatic N) is 16. The Morgan fingerprint density at radius 1 is 0.412 bits per heavy atom. The van der Waals surface area contributed by atoms with E-state index in [0.717, 1.165) is 219 Å². The van der Waals surface area contributed by atoms with E-state index in [2.05, 4.69) is 130 Å². The summed E-state index contributed by atoms with van der Waals surface area (Å²) in [5.74, 6) is -1.56. The molecule has 0 bridgehead atoms. The summed E-state index contributed by atoms with van der Waals surface area (Å²) < 4.78 is 29.8. The molecule has 32 nitrogen and oxygen atoms in total. The number of aromatic nitrogens is 14. The van der Waals surface area contributed by atoms with E-state index in [0.29, 0.717) is 51.7 Å². The molecule has 3 fully saturated rings. The van der Waals surface area contributed by atoms with Gasteiger partial charge in [0.2, 0.25) is 0 Å². The fraction of sp³-hybridized carbons (Fsp3) is 0.321. The Labute approximate surface area is 876 Å². The minimum absolute atomic E-state index is 0.00411. The monoisotopic (exact) mass is 2060 g/mol. The lowest BCUT2D eigenvalue weighted by Gasteiger charge is -2.32. The lowest BCUT2D eigenvalue weighted by atomic mass is 9.78. The van der Waals surface area contributed by atoms with Gasteiger partial charge in [0.1, 0.15) is 33.1 Å². The normalized spacial score (nSPS) is 13.9. The van der Waals surface area contributed by atoms with Crippen molar-refractivity contribution in [3.8, 4) is 33.8 Å². The first kappa shape index (κ1) is 109. The van der Waals surface area contributed by atoms with E-state index in [4.69, 9.17) is 80.0 Å². The molecule has 3 aliphatic rings. The van der Waals surface area contributed by atoms with Crippen LogP contribution in [0.5, 0.6) is 0 Å². The molecule has 0 saturated carbocycles. The number of hydrogen-bond acceptors (Lipinski definition) is 26. The third-order valence-electron chi connectivity index (χ3n) is 26.3. The van der Waals surface area contributed by atoms with Gasteiger partial charge in [-0.25, -0.2) is 39.3 Å². The summed E-state index contributed by atoms with van der Waals surface area (Å²) in [7, 11) is 11.3. The van der Waals surface area contributed by atoms with Crippen molar-refractivity contribution in [1.29, 1.82) is 0 Å². The molecule has 3 saturated heterocycles. The van der Waals surface area contributed by atoms with E-state index in [9.17, 15) is 24.3 Å². The number of piperidine rings is 2. The second-order valence-electron chi connectivity index (χ2n) is 37.1. The number of carbonyl (C=O) groups is 4. The fourth-order valence-corrected chi connectivity index (χ4v) is 18.4. The highest BCUT2D eigenvalue weighted by atomic mass is 35.5. The Morgan fingerprint density at radius 3 is 1.10 bits per heavy atom. The molecule has 18 aromatic rings. The molecule has 14 aromatic heterocycles. The predicted octanol–water partition coefficient (Wildman–Crippen LogP) is 20.7. The van der Waals surface area contributed by atoms with Crippen molar-refractivity contribution in [3.63, 3.8) is 0 Å². The van der Waals surface area contributed by atoms with E-state index in [1.807, 2.05) is 218 Å². The zero-order valence-electron chi connectivity index (χ0n) is 86.8. The van der Waals surface area contributed by atoms with Gasteiger partial charge in [-0.1, -0.05) is 72.1 Å². The maximum atomic E-state index is 13.0. The minimum atomic E-state index is -0.934. The number of benzene rings is 4. The van der Waals surface area contributed by atoms with Gasteiger partial charge >= 0.3 is 25.0 Å². The summed E-state index contributed by atoms with van der Waals surface area (Å²) in [6, 6.07) is 51.3. The Bertz CT molecular complexity index is 7750. The van der Waals surface area contributed by atoms with Crippen LogP contribution in [-0.2, 0) is 47.0 Å². The SMILES string of the molecule is CCN.CCNc1cc(-c2ccc3c(c2)cc(C(=O)NC2CCN(C)CC2)n3C)nc2ccncc12.CCNc1cc(-c2ccc3c(c2)cc(C(=O)O)n3C)nc2ccncc12.CCNc1cc(-c2ccc3c(c2)cc(C(=O)OCC)n3C)nc2ccncc12.CCNc1cc(Cl)nc2ccncc12.CCOC(=O)c1cc2cc(B3OC(C)(C)C(C)(C)O3)ccc2n1C.CN1CCC(N)CC1.Clc1cc(Cl)c2cnccc2n1. The summed E-state index contributed by atoms with van der Waals surface area (Å²) in [6.07, 6.45) is 21.9. The molecule has 0 spiro atoms. The summed E-state index contributed by atoms with van der Waals surface area (Å²) in [6.45, 7) is 31.0. The number of carboxylic acid groups (broad SMARTS) is 1. The van der Waals surface area contributed by atoms with Crippen LogP contribution in [0.15, 0.2) is 220 Å². The van der Waals surface area contributed by atoms with Gasteiger partial charge in [0.25, 0.3) is 5.91 Å². The molecule has 0 atom stereocenters. The van der Waals surface area contributed by atoms with Crippen LogP contribution in [0.1, 0.15) is 144 Å². The molecule has 10 N–H and O–H groups in total. The number of aryl methyl sites for hydroxylation is 4. The molecule has 1 amide bonds. The number of carbonyl (C=O) groups excluding carboxylic acids is 3. The van der Waals surface area contributed by atoms with Gasteiger partial charge in [-0.05, 0) is 275 Å². The molecule has 3 aliphatic heterocycles. The lowest BCUT2D eigenvalue weighted by Crippen LogP contribution is -2.43. The smallest absolute Gasteiger partial charge is 0.477 e. The maximum Gasteiger partial charge on any atom is 0.494 e. The van der Waals surface area contributed by atoms with Crippen LogP contribution >= 0.6 is 34.8 Å². The number of nitrogens with two attached hydrogens (primary N) is 2. The number of amides is 1. The molecule has 770 valence electrons. The topological polar surface area (TPSA) is 393 Å². The van der Waals surface area contributed by atoms with Crippen molar-refractivity contribution in [2.75, 3.05) is 107 Å². The van der Waals surface area contributed by atoms with E-state index >= 15 is 0 Å². The van der Waals surface area contributed by atoms with Crippen molar-refractivity contribution in [3.05, 3.63) is 258 Å². The van der Waals surface area contributed by atoms with Crippen molar-refractivity contribution >= 4 is 192 Å². The average Bonchev–Trinajstić information content (AvgIpc) is 1.60. The zero-order valence-corrected chi connectivity index (χ0v) is 89.0. The van der Waals surface area contributed by atoms with E-state index < -0.39 is 13.1 Å². The Hall–Kier alpha value is -14.4. The first-order valence-corrected chi connectivity index (χ1v) is 50.9. The van der Waals surface area contributed by atoms with Crippen molar-refractivity contribution < 1.29 is 43.1 Å². The zero-order chi connectivity index (χ0) is 106. The second kappa shape index (κ2) is 49.9. The van der Waals surface area contributed by atoms with Gasteiger partial charge < -0.3 is 90.0 Å². The van der Waals surface area contributed by atoms with Crippen molar-refractivity contribution in [2.45, 2.75) is 125 Å². The Morgan fingerprint density at radius 2 is 0.730 bits per heavy atom. The predicted molar refractivity (Wildman–Crippen MR) is 600 cm³/mol. The highest BCUT2D eigenvalue weighted by molar-refractivity contribution is 6.62. The van der Waals surface area contributed by atoms with Crippen molar-refractivity contribution in [1.82, 2.24) is 83.2 Å². The molecule has 17 heterocycles. The van der Waals surface area contributed by atoms with E-state index in [-0.39, 0.29) is 40.8 Å². The highest BCUT2D eigenvalue weighted by Gasteiger charge is 2.52. The first-order valence-electron chi connectivity index (χ1n) is 49.8. The van der Waals surface area contributed by atoms with Gasteiger partial charge in [0, 0.05) is 238 Å². The number of pyridine rings is 10. The molecular formula is C112H129BCl3N23O9. The molecule has 0 aliphatic carbocycles. The molecule has 36 heteroatoms. The number of nitrogens with one attached hydrogen (secondary N) is 5. The number of esters is 2. The fourth-order valence-electron chi connectivity index (χ4n) is 17.7. The summed E-state index contributed by atoms with van der Waals surface area (Å²) in [5.41, 5.74) is 30.5. The van der Waals surface area contributed by atoms with Crippen LogP contribution in [0.3, 0.4) is 0 Å². The highest BCUT2D eigenvalue weighted by Crippen LogP contribution is 2.40. The quantitative estimate of drug-likeness (QED) is 0.0212. The lowest BCUT2D eigenvalue weighted by molar-refractivity contribution is 0.00578. The van der Waals surface area contributed by atoms with Crippen LogP contribution in [0, 0.1) is 0 Å². The van der Waals surface area contributed by atoms with Gasteiger partial charge in [0.05, 0.1) is 74.1 Å². The summed E-state index contributed by atoms with van der Waals surface area (Å²) in [4.78, 5) is 96.6. The molecule has 0 unspecified atom stereocenters. The third-order valence-corrected chi connectivity index (χ3v) is 27.0. The molecule has 21 rings (SSSR count). The summed E-state index contributed by atoms with van der Waals surface area (Å²) >= 11 is 17.5. The summed E-state index contributed by atoms with van der Waals surface area (Å²) in [5, 5.41) is 36.1. The Balaban J connectivity index is 0.000000140. The number of hydrogen-bond donors (Lipinski definition) is 8. The number of carboxylic acids is 1. The van der Waals surface area contributed by atoms with Gasteiger partial charge in [-0.2, -0.15) is 0 Å². The van der Waals surface area contributed by atoms with Gasteiger partial charge in [-0.15, -0.1) is 0 Å². The second-order valence-corrected chi connectivity index (χ2v) is 38.3. The number of rotatable bonds is 19. The van der Waals surface area contributed by atoms with Crippen LogP contribution in [0.2, 0.25) is 15.3 Å². The largest absolute Gasteiger partial charge is 0.494 e. The maximum absolute atomic E-state index is 13.0. The number of ether oxygens (including phenoxy) is 2. The van der Waals surface area contributed by atoms with E-state index in [1.54, 1.807) is 80.1 Å². The molecule has 0 radical (unpaired) electrons. The number of anilines is 4. The van der Waals surface area contributed by atoms with Crippen LogP contribution in [0.4, 0.5) is 22.7 Å². The van der Waals surface area contributed by atoms with Crippen LogP contribution in [-0.4, -0.2) is 223 Å². The van der Waals surface area contributed by atoms with Gasteiger partial charge in [0.15, 0.2) is 0 Å². The minimum Gasteiger partial charge on any atom is -0.477 e. The average molecular weight is 2060 g/mol. The Kier molecular flexibility index (Phi) is 36.8. The van der Waals surface area contributed by atoms with Gasteiger partial charge in [-0.3, -0.25) is 29.7 Å². The molecule has 148 heavy (non-hydrogen) atoms. The number of likely N-dealkylation sites (tertiary alicyclic amines) is 2. The van der Waals surface area contributed by atoms with E-state index in [1.165, 1.54) is 25.9 Å². The first-order chi connectivity index (χ1) is 71.2. The standard InChI is InChI=1S/C26H30N6O.C22H22N4O2.C20H18N4O2.C18H24BNO4.C10H10ClN3.C8H4Cl2N2.C6H14N2.C2H7N/c1-4-28-23-15-22(30-21-7-10-27-16-20(21)23)17-5-6-24-18(13-17)14-25(32(24)3)26(33)29-19-8-11-31(2)12-9-19;1-4-24-19-12-18(25-17-8-9-23-13-16(17)19)14-6-7-20-15(10-14)11-21(26(20)3)22(27)28-5-2;1-3-22-17-10-16(23-15-6-7-21-11-14(15)17)12-4-5-18-13(8-12)9-19(20(25)26)24(18)2;1-7-22-16(21)15-11-12-10-13(8-9-14(12)20(15)6)19-23-17(2,3)18(4,5)24-19;1-2-13-9-5-10(11)14-8-3-4-12-6-7(8)9;9-6-3-8(10)12-7-1-2-11-4-5(6)7;1-8-4-2-6(7)3-5-8;1-2-3/h5-7,10,13-16,19H,4,8-9,11-12H2,1-3H3,(H,28,30)(H,29,33);6-13H,4-5H2,1-3H3,(H,24,25);4-11H,3H2,1-2H3,(H,22,23)(H,25,26);8-11H,7H2,1-6H3;3-6H,2H2,1H3,(H,13,14);1-4H;6H,2-5,7H2,1H3;2-3H2,1H3. The molecular weight excluding hydrogens is 1930 g/mol. The van der Waals surface area contributed by atoms with Crippen LogP contribution in [0.25, 0.3) is 132 Å². The van der Waals surface area contributed by atoms with Crippen molar-refractivity contribution in [2.24, 2.45) is 39.7 Å². The number of aromatic carboxylic acids is 1. The van der Waals surface area contributed by atoms with Crippen LogP contribution < -0.4 is 43.5 Å². The third kappa shape index (κ3) is 26.0.